The van der Waals surface area contributed by atoms with Crippen molar-refractivity contribution in [1.82, 2.24) is 4.31 Å². The highest BCUT2D eigenvalue weighted by Crippen LogP contribution is 2.35. The molecule has 0 aromatic heterocycles. The number of benzene rings is 2. The van der Waals surface area contributed by atoms with Crippen LogP contribution < -0.4 is 0 Å². The average molecular weight is 421 g/mol. The van der Waals surface area contributed by atoms with Gasteiger partial charge in [-0.25, -0.2) is 8.42 Å². The number of halogens is 1. The third-order valence-corrected chi connectivity index (χ3v) is 7.04. The lowest BCUT2D eigenvalue weighted by molar-refractivity contribution is -0.00962. The summed E-state index contributed by atoms with van der Waals surface area (Å²) in [5.74, 6) is 0. The molecule has 1 aliphatic heterocycles. The highest BCUT2D eigenvalue weighted by atomic mass is 79.9. The summed E-state index contributed by atoms with van der Waals surface area (Å²) in [6, 6.07) is 15.5. The standard InChI is InChI=1S/C18H17BrN2O3S/c19-16-7-5-15(6-8-16)18(22)9-11-21(12-10-18)25(23,24)17-4-2-1-3-14(17)13-20/h1-8,22H,9-12H2. The molecule has 130 valence electrons. The van der Waals surface area contributed by atoms with Crippen LogP contribution in [0.1, 0.15) is 24.0 Å². The van der Waals surface area contributed by atoms with Crippen LogP contribution in [0.2, 0.25) is 0 Å². The van der Waals surface area contributed by atoms with Crippen LogP contribution in [0.5, 0.6) is 0 Å². The van der Waals surface area contributed by atoms with E-state index in [1.165, 1.54) is 16.4 Å². The molecule has 0 atom stereocenters. The lowest BCUT2D eigenvalue weighted by atomic mass is 9.85. The molecule has 1 heterocycles. The van der Waals surface area contributed by atoms with E-state index in [9.17, 15) is 13.5 Å². The van der Waals surface area contributed by atoms with Crippen molar-refractivity contribution in [3.63, 3.8) is 0 Å². The molecule has 5 nitrogen and oxygen atoms in total. The summed E-state index contributed by atoms with van der Waals surface area (Å²) in [5.41, 5.74) is -0.122. The zero-order valence-electron chi connectivity index (χ0n) is 13.4. The lowest BCUT2D eigenvalue weighted by Gasteiger charge is -2.38. The first kappa shape index (κ1) is 18.1. The number of piperidine rings is 1. The zero-order chi connectivity index (χ0) is 18.1. The number of aliphatic hydroxyl groups is 1. The van der Waals surface area contributed by atoms with E-state index >= 15 is 0 Å². The van der Waals surface area contributed by atoms with E-state index in [-0.39, 0.29) is 23.5 Å². The van der Waals surface area contributed by atoms with Gasteiger partial charge < -0.3 is 5.11 Å². The molecule has 0 spiro atoms. The van der Waals surface area contributed by atoms with Crippen molar-refractivity contribution in [3.8, 4) is 6.07 Å². The quantitative estimate of drug-likeness (QED) is 0.826. The number of hydrogen-bond donors (Lipinski definition) is 1. The van der Waals surface area contributed by atoms with E-state index in [2.05, 4.69) is 15.9 Å². The largest absolute Gasteiger partial charge is 0.385 e. The van der Waals surface area contributed by atoms with Crippen molar-refractivity contribution in [2.45, 2.75) is 23.3 Å². The van der Waals surface area contributed by atoms with Crippen molar-refractivity contribution in [2.24, 2.45) is 0 Å². The maximum atomic E-state index is 12.8. The Morgan fingerprint density at radius 3 is 2.28 bits per heavy atom. The first-order chi connectivity index (χ1) is 11.9. The van der Waals surface area contributed by atoms with E-state index in [1.54, 1.807) is 12.1 Å². The second-order valence-electron chi connectivity index (χ2n) is 6.05. The van der Waals surface area contributed by atoms with Crippen LogP contribution >= 0.6 is 15.9 Å². The minimum absolute atomic E-state index is 0.0200. The normalized spacial score (nSPS) is 17.8. The van der Waals surface area contributed by atoms with Gasteiger partial charge in [-0.15, -0.1) is 0 Å². The summed E-state index contributed by atoms with van der Waals surface area (Å²) in [4.78, 5) is 0.0200. The molecule has 1 N–H and O–H groups in total. The van der Waals surface area contributed by atoms with Crippen LogP contribution in [-0.2, 0) is 15.6 Å². The number of nitrogens with zero attached hydrogens (tertiary/aromatic N) is 2. The van der Waals surface area contributed by atoms with Gasteiger partial charge in [0.1, 0.15) is 6.07 Å². The summed E-state index contributed by atoms with van der Waals surface area (Å²) < 4.78 is 28.0. The fourth-order valence-electron chi connectivity index (χ4n) is 3.07. The van der Waals surface area contributed by atoms with Gasteiger partial charge in [0.05, 0.1) is 16.1 Å². The predicted octanol–water partition coefficient (Wildman–Crippen LogP) is 2.99. The van der Waals surface area contributed by atoms with Crippen LogP contribution in [-0.4, -0.2) is 30.9 Å². The smallest absolute Gasteiger partial charge is 0.244 e. The van der Waals surface area contributed by atoms with Gasteiger partial charge in [0.2, 0.25) is 10.0 Å². The van der Waals surface area contributed by atoms with E-state index in [0.717, 1.165) is 10.0 Å². The molecule has 2 aromatic rings. The Hall–Kier alpha value is -1.72. The summed E-state index contributed by atoms with van der Waals surface area (Å²) in [5, 5.41) is 20.1. The Labute approximate surface area is 155 Å². The first-order valence-electron chi connectivity index (χ1n) is 7.84. The monoisotopic (exact) mass is 420 g/mol. The van der Waals surface area contributed by atoms with Gasteiger partial charge in [-0.05, 0) is 42.7 Å². The van der Waals surface area contributed by atoms with Crippen LogP contribution in [0, 0.1) is 11.3 Å². The van der Waals surface area contributed by atoms with E-state index in [4.69, 9.17) is 5.26 Å². The van der Waals surface area contributed by atoms with Gasteiger partial charge in [0, 0.05) is 17.6 Å². The van der Waals surface area contributed by atoms with Crippen LogP contribution in [0.4, 0.5) is 0 Å². The Morgan fingerprint density at radius 1 is 1.08 bits per heavy atom. The third-order valence-electron chi connectivity index (χ3n) is 4.56. The first-order valence-corrected chi connectivity index (χ1v) is 10.1. The van der Waals surface area contributed by atoms with Gasteiger partial charge in [0.15, 0.2) is 0 Å². The fourth-order valence-corrected chi connectivity index (χ4v) is 4.92. The Kier molecular flexibility index (Phi) is 4.98. The number of hydrogen-bond acceptors (Lipinski definition) is 4. The van der Waals surface area contributed by atoms with Gasteiger partial charge >= 0.3 is 0 Å². The van der Waals surface area contributed by atoms with Crippen molar-refractivity contribution < 1.29 is 13.5 Å². The summed E-state index contributed by atoms with van der Waals surface area (Å²) in [7, 11) is -3.75. The second-order valence-corrected chi connectivity index (χ2v) is 8.87. The molecule has 0 bridgehead atoms. The molecule has 3 rings (SSSR count). The number of nitriles is 1. The molecule has 0 amide bonds. The maximum Gasteiger partial charge on any atom is 0.244 e. The van der Waals surface area contributed by atoms with Gasteiger partial charge in [0.25, 0.3) is 0 Å². The minimum atomic E-state index is -3.75. The van der Waals surface area contributed by atoms with Crippen LogP contribution in [0.25, 0.3) is 0 Å². The lowest BCUT2D eigenvalue weighted by Crippen LogP contribution is -2.45. The number of rotatable bonds is 3. The summed E-state index contributed by atoms with van der Waals surface area (Å²) >= 11 is 3.37. The molecule has 1 saturated heterocycles. The van der Waals surface area contributed by atoms with E-state index in [0.29, 0.717) is 12.8 Å². The van der Waals surface area contributed by atoms with Gasteiger partial charge in [-0.2, -0.15) is 9.57 Å². The Bertz CT molecular complexity index is 912. The SMILES string of the molecule is N#Cc1ccccc1S(=O)(=O)N1CCC(O)(c2ccc(Br)cc2)CC1. The topological polar surface area (TPSA) is 81.4 Å². The average Bonchev–Trinajstić information content (AvgIpc) is 2.62. The molecule has 0 radical (unpaired) electrons. The highest BCUT2D eigenvalue weighted by molar-refractivity contribution is 9.10. The van der Waals surface area contributed by atoms with Crippen LogP contribution in [0.3, 0.4) is 0 Å². The second kappa shape index (κ2) is 6.89. The summed E-state index contributed by atoms with van der Waals surface area (Å²) in [6.45, 7) is 0.406. The molecule has 0 aliphatic carbocycles. The van der Waals surface area contributed by atoms with Crippen molar-refractivity contribution in [3.05, 3.63) is 64.1 Å². The molecular formula is C18H17BrN2O3S. The Morgan fingerprint density at radius 2 is 1.68 bits per heavy atom. The van der Waals surface area contributed by atoms with E-state index in [1.807, 2.05) is 30.3 Å². The van der Waals surface area contributed by atoms with Crippen molar-refractivity contribution in [1.29, 1.82) is 5.26 Å². The predicted molar refractivity (Wildman–Crippen MR) is 97.2 cm³/mol. The molecular weight excluding hydrogens is 404 g/mol. The molecule has 25 heavy (non-hydrogen) atoms. The highest BCUT2D eigenvalue weighted by Gasteiger charge is 2.38. The maximum absolute atomic E-state index is 12.8. The van der Waals surface area contributed by atoms with Gasteiger partial charge in [-0.3, -0.25) is 0 Å². The zero-order valence-corrected chi connectivity index (χ0v) is 15.8. The van der Waals surface area contributed by atoms with E-state index < -0.39 is 15.6 Å². The molecule has 0 unspecified atom stereocenters. The molecule has 2 aromatic carbocycles. The van der Waals surface area contributed by atoms with Crippen molar-refractivity contribution in [2.75, 3.05) is 13.1 Å². The minimum Gasteiger partial charge on any atom is -0.385 e. The molecule has 1 aliphatic rings. The molecule has 1 fully saturated rings. The molecule has 0 saturated carbocycles. The van der Waals surface area contributed by atoms with Crippen LogP contribution in [0.15, 0.2) is 57.9 Å². The Balaban J connectivity index is 1.82. The van der Waals surface area contributed by atoms with Crippen molar-refractivity contribution >= 4 is 26.0 Å². The third kappa shape index (κ3) is 3.48. The number of sulfonamides is 1. The van der Waals surface area contributed by atoms with Gasteiger partial charge in [-0.1, -0.05) is 40.2 Å². The molecule has 7 heteroatoms. The summed E-state index contributed by atoms with van der Waals surface area (Å²) in [6.07, 6.45) is 0.616. The fraction of sp³-hybridized carbons (Fsp3) is 0.278.